The van der Waals surface area contributed by atoms with Gasteiger partial charge in [0.15, 0.2) is 0 Å². The second kappa shape index (κ2) is 10.8. The molecule has 0 aromatic heterocycles. The maximum atomic E-state index is 12.3. The van der Waals surface area contributed by atoms with Crippen molar-refractivity contribution in [2.24, 2.45) is 0 Å². The van der Waals surface area contributed by atoms with Crippen LogP contribution in [0.5, 0.6) is 5.75 Å². The van der Waals surface area contributed by atoms with Crippen LogP contribution >= 0.6 is 0 Å². The summed E-state index contributed by atoms with van der Waals surface area (Å²) in [5.74, 6) is -0.705. The SMILES string of the molecule is CCOc1ccccc1NC(=O)C(=O)NCCC(c1ccccc1)c1ccccc1. The quantitative estimate of drug-likeness (QED) is 0.550. The molecule has 0 radical (unpaired) electrons. The van der Waals surface area contributed by atoms with Crippen molar-refractivity contribution in [1.82, 2.24) is 5.32 Å². The van der Waals surface area contributed by atoms with Crippen molar-refractivity contribution in [3.63, 3.8) is 0 Å². The lowest BCUT2D eigenvalue weighted by atomic mass is 9.88. The Morgan fingerprint density at radius 1 is 0.800 bits per heavy atom. The minimum absolute atomic E-state index is 0.134. The van der Waals surface area contributed by atoms with E-state index in [4.69, 9.17) is 4.74 Å². The molecule has 2 amide bonds. The van der Waals surface area contributed by atoms with E-state index in [0.717, 1.165) is 0 Å². The third kappa shape index (κ3) is 5.70. The van der Waals surface area contributed by atoms with Crippen LogP contribution in [0.2, 0.25) is 0 Å². The van der Waals surface area contributed by atoms with Crippen molar-refractivity contribution in [2.45, 2.75) is 19.3 Å². The van der Waals surface area contributed by atoms with Gasteiger partial charge in [-0.15, -0.1) is 0 Å². The Morgan fingerprint density at radius 2 is 1.37 bits per heavy atom. The van der Waals surface area contributed by atoms with Gasteiger partial charge in [0.1, 0.15) is 5.75 Å². The van der Waals surface area contributed by atoms with E-state index in [1.807, 2.05) is 49.4 Å². The lowest BCUT2D eigenvalue weighted by molar-refractivity contribution is -0.136. The second-order valence-electron chi connectivity index (χ2n) is 6.80. The molecule has 3 rings (SSSR count). The number of ether oxygens (including phenoxy) is 1. The summed E-state index contributed by atoms with van der Waals surface area (Å²) in [6.07, 6.45) is 0.683. The second-order valence-corrected chi connectivity index (χ2v) is 6.80. The van der Waals surface area contributed by atoms with Gasteiger partial charge in [-0.05, 0) is 36.6 Å². The molecule has 30 heavy (non-hydrogen) atoms. The highest BCUT2D eigenvalue weighted by molar-refractivity contribution is 6.39. The fourth-order valence-electron chi connectivity index (χ4n) is 3.34. The molecule has 0 spiro atoms. The minimum Gasteiger partial charge on any atom is -0.492 e. The third-order valence-electron chi connectivity index (χ3n) is 4.76. The van der Waals surface area contributed by atoms with E-state index in [1.165, 1.54) is 11.1 Å². The van der Waals surface area contributed by atoms with Gasteiger partial charge >= 0.3 is 11.8 Å². The first-order valence-electron chi connectivity index (χ1n) is 10.1. The molecule has 2 N–H and O–H groups in total. The topological polar surface area (TPSA) is 67.4 Å². The van der Waals surface area contributed by atoms with Gasteiger partial charge in [0.05, 0.1) is 12.3 Å². The van der Waals surface area contributed by atoms with Gasteiger partial charge in [-0.3, -0.25) is 9.59 Å². The number of para-hydroxylation sites is 2. The third-order valence-corrected chi connectivity index (χ3v) is 4.76. The van der Waals surface area contributed by atoms with Gasteiger partial charge in [-0.2, -0.15) is 0 Å². The average Bonchev–Trinajstić information content (AvgIpc) is 2.79. The first-order chi connectivity index (χ1) is 14.7. The molecule has 0 atom stereocenters. The molecule has 0 saturated heterocycles. The summed E-state index contributed by atoms with van der Waals surface area (Å²) in [5, 5.41) is 5.35. The van der Waals surface area contributed by atoms with Gasteiger partial charge in [0.25, 0.3) is 0 Å². The van der Waals surface area contributed by atoms with Crippen molar-refractivity contribution >= 4 is 17.5 Å². The average molecular weight is 402 g/mol. The molecule has 0 heterocycles. The highest BCUT2D eigenvalue weighted by Gasteiger charge is 2.18. The predicted octanol–water partition coefficient (Wildman–Crippen LogP) is 4.36. The van der Waals surface area contributed by atoms with Gasteiger partial charge in [0.2, 0.25) is 0 Å². The van der Waals surface area contributed by atoms with Crippen LogP contribution < -0.4 is 15.4 Å². The first kappa shape index (κ1) is 21.1. The largest absolute Gasteiger partial charge is 0.492 e. The van der Waals surface area contributed by atoms with Crippen molar-refractivity contribution in [3.8, 4) is 5.75 Å². The predicted molar refractivity (Wildman–Crippen MR) is 119 cm³/mol. The van der Waals surface area contributed by atoms with E-state index in [-0.39, 0.29) is 5.92 Å². The normalized spacial score (nSPS) is 10.5. The molecule has 3 aromatic rings. The molecule has 0 bridgehead atoms. The number of hydrogen-bond acceptors (Lipinski definition) is 3. The maximum Gasteiger partial charge on any atom is 0.313 e. The Labute approximate surface area is 177 Å². The van der Waals surface area contributed by atoms with Crippen LogP contribution in [0.4, 0.5) is 5.69 Å². The van der Waals surface area contributed by atoms with E-state index in [0.29, 0.717) is 31.0 Å². The van der Waals surface area contributed by atoms with Crippen LogP contribution in [0.25, 0.3) is 0 Å². The molecule has 3 aromatic carbocycles. The lowest BCUT2D eigenvalue weighted by Gasteiger charge is -2.18. The summed E-state index contributed by atoms with van der Waals surface area (Å²) in [5.41, 5.74) is 2.83. The van der Waals surface area contributed by atoms with Crippen LogP contribution in [0.15, 0.2) is 84.9 Å². The molecule has 0 aliphatic rings. The molecule has 0 saturated carbocycles. The minimum atomic E-state index is -0.710. The van der Waals surface area contributed by atoms with Gasteiger partial charge < -0.3 is 15.4 Å². The highest BCUT2D eigenvalue weighted by Crippen LogP contribution is 2.27. The van der Waals surface area contributed by atoms with Crippen LogP contribution in [-0.2, 0) is 9.59 Å². The number of rotatable bonds is 8. The lowest BCUT2D eigenvalue weighted by Crippen LogP contribution is -2.36. The molecule has 5 heteroatoms. The van der Waals surface area contributed by atoms with Crippen molar-refractivity contribution < 1.29 is 14.3 Å². The molecular weight excluding hydrogens is 376 g/mol. The highest BCUT2D eigenvalue weighted by atomic mass is 16.5. The fraction of sp³-hybridized carbons (Fsp3) is 0.200. The number of amides is 2. The Bertz CT molecular complexity index is 919. The Balaban J connectivity index is 1.60. The molecule has 5 nitrogen and oxygen atoms in total. The zero-order valence-electron chi connectivity index (χ0n) is 17.0. The van der Waals surface area contributed by atoms with E-state index in [1.54, 1.807) is 18.2 Å². The number of hydrogen-bond donors (Lipinski definition) is 2. The number of carbonyl (C=O) groups is 2. The Morgan fingerprint density at radius 3 is 1.97 bits per heavy atom. The molecular formula is C25H26N2O3. The summed E-state index contributed by atoms with van der Waals surface area (Å²) >= 11 is 0. The molecule has 0 aliphatic carbocycles. The smallest absolute Gasteiger partial charge is 0.313 e. The molecule has 0 fully saturated rings. The first-order valence-corrected chi connectivity index (χ1v) is 10.1. The van der Waals surface area contributed by atoms with E-state index in [9.17, 15) is 9.59 Å². The van der Waals surface area contributed by atoms with E-state index < -0.39 is 11.8 Å². The van der Waals surface area contributed by atoms with Crippen LogP contribution in [0.3, 0.4) is 0 Å². The number of anilines is 1. The monoisotopic (exact) mass is 402 g/mol. The summed E-state index contributed by atoms with van der Waals surface area (Å²) in [4.78, 5) is 24.6. The van der Waals surface area contributed by atoms with Gasteiger partial charge in [0, 0.05) is 12.5 Å². The zero-order chi connectivity index (χ0) is 21.2. The van der Waals surface area contributed by atoms with Gasteiger partial charge in [-0.25, -0.2) is 0 Å². The molecule has 0 aliphatic heterocycles. The van der Waals surface area contributed by atoms with Crippen LogP contribution in [0, 0.1) is 0 Å². The van der Waals surface area contributed by atoms with E-state index >= 15 is 0 Å². The maximum absolute atomic E-state index is 12.3. The number of benzene rings is 3. The standard InChI is InChI=1S/C25H26N2O3/c1-2-30-23-16-10-9-15-22(23)27-25(29)24(28)26-18-17-21(19-11-5-3-6-12-19)20-13-7-4-8-14-20/h3-16,21H,2,17-18H2,1H3,(H,26,28)(H,27,29). The summed E-state index contributed by atoms with van der Waals surface area (Å²) in [6, 6.07) is 27.4. The molecule has 154 valence electrons. The Kier molecular flexibility index (Phi) is 7.61. The number of nitrogens with one attached hydrogen (secondary N) is 2. The van der Waals surface area contributed by atoms with Crippen LogP contribution in [-0.4, -0.2) is 25.0 Å². The zero-order valence-corrected chi connectivity index (χ0v) is 17.0. The van der Waals surface area contributed by atoms with Crippen LogP contribution in [0.1, 0.15) is 30.4 Å². The fourth-order valence-corrected chi connectivity index (χ4v) is 3.34. The van der Waals surface area contributed by atoms with Crippen molar-refractivity contribution in [3.05, 3.63) is 96.1 Å². The Hall–Kier alpha value is -3.60. The van der Waals surface area contributed by atoms with Crippen molar-refractivity contribution in [2.75, 3.05) is 18.5 Å². The van der Waals surface area contributed by atoms with E-state index in [2.05, 4.69) is 34.9 Å². The van der Waals surface area contributed by atoms with Crippen molar-refractivity contribution in [1.29, 1.82) is 0 Å². The number of carbonyl (C=O) groups excluding carboxylic acids is 2. The summed E-state index contributed by atoms with van der Waals surface area (Å²) in [6.45, 7) is 2.72. The van der Waals surface area contributed by atoms with Gasteiger partial charge in [-0.1, -0.05) is 72.8 Å². The molecule has 0 unspecified atom stereocenters. The summed E-state index contributed by atoms with van der Waals surface area (Å²) in [7, 11) is 0. The summed E-state index contributed by atoms with van der Waals surface area (Å²) < 4.78 is 5.48.